The number of hydrogen-bond donors (Lipinski definition) is 1. The molecule has 4 nitrogen and oxygen atoms in total. The first-order chi connectivity index (χ1) is 9.59. The van der Waals surface area contributed by atoms with Crippen LogP contribution in [0.15, 0.2) is 30.3 Å². The summed E-state index contributed by atoms with van der Waals surface area (Å²) in [4.78, 5) is 36.2. The van der Waals surface area contributed by atoms with Crippen LogP contribution in [0.25, 0.3) is 10.8 Å². The second-order valence-electron chi connectivity index (χ2n) is 4.96. The molecule has 2 aromatic carbocycles. The first-order valence-corrected chi connectivity index (χ1v) is 6.51. The van der Waals surface area contributed by atoms with E-state index < -0.39 is 5.91 Å². The largest absolute Gasteiger partial charge is 0.366 e. The lowest BCUT2D eigenvalue weighted by molar-refractivity contribution is 0.0958. The van der Waals surface area contributed by atoms with Crippen molar-refractivity contribution in [2.75, 3.05) is 0 Å². The zero-order valence-electron chi connectivity index (χ0n) is 10.8. The number of benzene rings is 2. The Hall–Kier alpha value is -2.49. The molecule has 4 heteroatoms. The van der Waals surface area contributed by atoms with Gasteiger partial charge in [0.15, 0.2) is 11.6 Å². The lowest BCUT2D eigenvalue weighted by Crippen LogP contribution is -2.19. The SMILES string of the molecule is NC(=O)c1c2c(cc3ccccc13)C(=O)CCCC2=O. The van der Waals surface area contributed by atoms with Gasteiger partial charge in [-0.2, -0.15) is 0 Å². The summed E-state index contributed by atoms with van der Waals surface area (Å²) in [6.07, 6.45) is 1.12. The van der Waals surface area contributed by atoms with E-state index in [1.807, 2.05) is 12.1 Å². The zero-order chi connectivity index (χ0) is 14.3. The first kappa shape index (κ1) is 12.5. The van der Waals surface area contributed by atoms with Crippen LogP contribution in [0, 0.1) is 0 Å². The summed E-state index contributed by atoms with van der Waals surface area (Å²) in [6.45, 7) is 0. The summed E-state index contributed by atoms with van der Waals surface area (Å²) in [5, 5.41) is 1.38. The Bertz CT molecular complexity index is 762. The number of carbonyl (C=O) groups excluding carboxylic acids is 3. The minimum Gasteiger partial charge on any atom is -0.366 e. The molecule has 0 unspecified atom stereocenters. The Morgan fingerprint density at radius 3 is 2.50 bits per heavy atom. The zero-order valence-corrected chi connectivity index (χ0v) is 10.8. The van der Waals surface area contributed by atoms with Gasteiger partial charge in [-0.15, -0.1) is 0 Å². The second kappa shape index (κ2) is 4.56. The van der Waals surface area contributed by atoms with E-state index in [4.69, 9.17) is 5.73 Å². The summed E-state index contributed by atoms with van der Waals surface area (Å²) in [5.74, 6) is -0.939. The van der Waals surface area contributed by atoms with E-state index in [0.717, 1.165) is 5.39 Å². The highest BCUT2D eigenvalue weighted by Gasteiger charge is 2.27. The Labute approximate surface area is 115 Å². The fourth-order valence-electron chi connectivity index (χ4n) is 2.78. The van der Waals surface area contributed by atoms with Crippen LogP contribution in [0.4, 0.5) is 0 Å². The summed E-state index contributed by atoms with van der Waals surface area (Å²) < 4.78 is 0. The molecule has 0 saturated heterocycles. The summed E-state index contributed by atoms with van der Waals surface area (Å²) in [7, 11) is 0. The van der Waals surface area contributed by atoms with Gasteiger partial charge < -0.3 is 5.73 Å². The van der Waals surface area contributed by atoms with Gasteiger partial charge in [-0.25, -0.2) is 0 Å². The molecule has 2 N–H and O–H groups in total. The quantitative estimate of drug-likeness (QED) is 0.806. The van der Waals surface area contributed by atoms with Gasteiger partial charge in [0.2, 0.25) is 5.91 Å². The van der Waals surface area contributed by atoms with Crippen molar-refractivity contribution in [3.8, 4) is 0 Å². The van der Waals surface area contributed by atoms with Crippen molar-refractivity contribution in [2.24, 2.45) is 5.73 Å². The lowest BCUT2D eigenvalue weighted by Gasteiger charge is -2.12. The van der Waals surface area contributed by atoms with Crippen molar-refractivity contribution >= 4 is 28.2 Å². The fraction of sp³-hybridized carbons (Fsp3) is 0.188. The van der Waals surface area contributed by atoms with Crippen molar-refractivity contribution in [1.82, 2.24) is 0 Å². The highest BCUT2D eigenvalue weighted by molar-refractivity contribution is 6.21. The third-order valence-corrected chi connectivity index (χ3v) is 3.68. The minimum atomic E-state index is -0.666. The molecule has 0 spiro atoms. The predicted molar refractivity (Wildman–Crippen MR) is 75.0 cm³/mol. The topological polar surface area (TPSA) is 77.2 Å². The fourth-order valence-corrected chi connectivity index (χ4v) is 2.78. The maximum Gasteiger partial charge on any atom is 0.250 e. The molecule has 2 aromatic rings. The molecule has 3 rings (SSSR count). The second-order valence-corrected chi connectivity index (χ2v) is 4.96. The first-order valence-electron chi connectivity index (χ1n) is 6.51. The van der Waals surface area contributed by atoms with Crippen LogP contribution in [0.3, 0.4) is 0 Å². The number of amides is 1. The van der Waals surface area contributed by atoms with E-state index in [-0.39, 0.29) is 29.1 Å². The van der Waals surface area contributed by atoms with Crippen LogP contribution < -0.4 is 5.73 Å². The summed E-state index contributed by atoms with van der Waals surface area (Å²) in [6, 6.07) is 8.86. The number of nitrogens with two attached hydrogens (primary N) is 1. The molecule has 100 valence electrons. The van der Waals surface area contributed by atoms with Crippen LogP contribution in [0.1, 0.15) is 50.3 Å². The molecule has 0 aliphatic heterocycles. The third-order valence-electron chi connectivity index (χ3n) is 3.68. The van der Waals surface area contributed by atoms with Gasteiger partial charge in [0.25, 0.3) is 0 Å². The van der Waals surface area contributed by atoms with Gasteiger partial charge in [0.1, 0.15) is 0 Å². The van der Waals surface area contributed by atoms with Crippen LogP contribution in [0.2, 0.25) is 0 Å². The average Bonchev–Trinajstić information content (AvgIpc) is 2.56. The molecular weight excluding hydrogens is 254 g/mol. The molecule has 1 amide bonds. The number of Topliss-reactive ketones (excluding diaryl/α,β-unsaturated/α-hetero) is 2. The maximum atomic E-state index is 12.3. The van der Waals surface area contributed by atoms with E-state index in [1.54, 1.807) is 18.2 Å². The van der Waals surface area contributed by atoms with Crippen LogP contribution in [-0.2, 0) is 0 Å². The monoisotopic (exact) mass is 267 g/mol. The van der Waals surface area contributed by atoms with E-state index in [1.165, 1.54) is 0 Å². The van der Waals surface area contributed by atoms with E-state index >= 15 is 0 Å². The number of fused-ring (bicyclic) bond motifs is 2. The molecule has 0 bridgehead atoms. The van der Waals surface area contributed by atoms with Crippen molar-refractivity contribution in [2.45, 2.75) is 19.3 Å². The van der Waals surface area contributed by atoms with Gasteiger partial charge >= 0.3 is 0 Å². The maximum absolute atomic E-state index is 12.3. The smallest absolute Gasteiger partial charge is 0.250 e. The molecular formula is C16H13NO3. The van der Waals surface area contributed by atoms with Crippen molar-refractivity contribution in [3.63, 3.8) is 0 Å². The Morgan fingerprint density at radius 1 is 1.05 bits per heavy atom. The number of ketones is 2. The van der Waals surface area contributed by atoms with Gasteiger partial charge in [-0.3, -0.25) is 14.4 Å². The number of carbonyl (C=O) groups is 3. The van der Waals surface area contributed by atoms with Crippen molar-refractivity contribution in [3.05, 3.63) is 47.0 Å². The molecule has 20 heavy (non-hydrogen) atoms. The standard InChI is InChI=1S/C16H13NO3/c17-16(20)15-10-5-2-1-4-9(10)8-11-12(18)6-3-7-13(19)14(11)15/h1-2,4-5,8H,3,6-7H2,(H2,17,20). The highest BCUT2D eigenvalue weighted by atomic mass is 16.1. The van der Waals surface area contributed by atoms with Crippen LogP contribution in [0.5, 0.6) is 0 Å². The molecule has 0 atom stereocenters. The Kier molecular flexibility index (Phi) is 2.86. The number of hydrogen-bond acceptors (Lipinski definition) is 3. The predicted octanol–water partition coefficient (Wildman–Crippen LogP) is 2.49. The minimum absolute atomic E-state index is 0.0981. The van der Waals surface area contributed by atoms with Gasteiger partial charge in [-0.1, -0.05) is 24.3 Å². The summed E-state index contributed by atoms with van der Waals surface area (Å²) >= 11 is 0. The van der Waals surface area contributed by atoms with E-state index in [2.05, 4.69) is 0 Å². The third kappa shape index (κ3) is 1.81. The number of primary amides is 1. The Morgan fingerprint density at radius 2 is 1.75 bits per heavy atom. The summed E-state index contributed by atoms with van der Waals surface area (Å²) in [5.41, 5.74) is 6.18. The van der Waals surface area contributed by atoms with Crippen molar-refractivity contribution < 1.29 is 14.4 Å². The lowest BCUT2D eigenvalue weighted by atomic mass is 9.90. The molecule has 0 saturated carbocycles. The van der Waals surface area contributed by atoms with Gasteiger partial charge in [0.05, 0.1) is 5.56 Å². The van der Waals surface area contributed by atoms with Gasteiger partial charge in [-0.05, 0) is 23.3 Å². The number of rotatable bonds is 1. The van der Waals surface area contributed by atoms with E-state index in [9.17, 15) is 14.4 Å². The molecule has 0 aromatic heterocycles. The normalized spacial score (nSPS) is 15.0. The van der Waals surface area contributed by atoms with Crippen molar-refractivity contribution in [1.29, 1.82) is 0 Å². The molecule has 0 radical (unpaired) electrons. The van der Waals surface area contributed by atoms with Crippen LogP contribution in [-0.4, -0.2) is 17.5 Å². The Balaban J connectivity index is 2.49. The molecule has 0 heterocycles. The molecule has 1 aliphatic carbocycles. The average molecular weight is 267 g/mol. The highest BCUT2D eigenvalue weighted by Crippen LogP contribution is 2.30. The van der Waals surface area contributed by atoms with E-state index in [0.29, 0.717) is 23.8 Å². The van der Waals surface area contributed by atoms with Crippen LogP contribution >= 0.6 is 0 Å². The molecule has 0 fully saturated rings. The molecule has 1 aliphatic rings. The van der Waals surface area contributed by atoms with Gasteiger partial charge in [0, 0.05) is 24.0 Å².